The third-order valence-electron chi connectivity index (χ3n) is 3.00. The standard InChI is InChI=1S/C16H14O4S2/c1-10(16(19)20-9-14(17)21)12-7-8-13(22-12)15(18)11-5-3-2-4-6-11/h2-8,10H,9H2,1H3,(H,17,21)/t10-/m1/s1. The Balaban J connectivity index is 2.09. The molecule has 0 fully saturated rings. The van der Waals surface area contributed by atoms with E-state index in [0.717, 1.165) is 4.88 Å². The van der Waals surface area contributed by atoms with Crippen molar-refractivity contribution in [2.45, 2.75) is 12.8 Å². The van der Waals surface area contributed by atoms with E-state index in [1.165, 1.54) is 11.3 Å². The molecule has 0 saturated heterocycles. The summed E-state index contributed by atoms with van der Waals surface area (Å²) in [6, 6.07) is 12.4. The molecule has 0 saturated carbocycles. The number of ketones is 1. The summed E-state index contributed by atoms with van der Waals surface area (Å²) >= 11 is 4.79. The second-order valence-corrected chi connectivity index (χ2v) is 6.23. The van der Waals surface area contributed by atoms with Crippen LogP contribution in [0.2, 0.25) is 0 Å². The normalized spacial score (nSPS) is 11.7. The molecule has 1 heterocycles. The van der Waals surface area contributed by atoms with Crippen LogP contribution in [0.3, 0.4) is 0 Å². The maximum absolute atomic E-state index is 12.3. The molecule has 0 aliphatic heterocycles. The van der Waals surface area contributed by atoms with Gasteiger partial charge in [0.15, 0.2) is 6.61 Å². The van der Waals surface area contributed by atoms with Crippen LogP contribution in [0.25, 0.3) is 0 Å². The van der Waals surface area contributed by atoms with Crippen LogP contribution < -0.4 is 0 Å². The van der Waals surface area contributed by atoms with Gasteiger partial charge in [-0.25, -0.2) is 0 Å². The molecular weight excluding hydrogens is 320 g/mol. The molecule has 0 bridgehead atoms. The molecular formula is C16H14O4S2. The Morgan fingerprint density at radius 1 is 1.14 bits per heavy atom. The number of esters is 1. The van der Waals surface area contributed by atoms with E-state index in [1.54, 1.807) is 43.3 Å². The molecule has 4 nitrogen and oxygen atoms in total. The summed E-state index contributed by atoms with van der Waals surface area (Å²) in [5, 5.41) is -0.508. The molecule has 0 aliphatic rings. The zero-order chi connectivity index (χ0) is 16.1. The van der Waals surface area contributed by atoms with Crippen molar-refractivity contribution in [1.82, 2.24) is 0 Å². The van der Waals surface area contributed by atoms with E-state index in [2.05, 4.69) is 12.6 Å². The molecule has 22 heavy (non-hydrogen) atoms. The van der Waals surface area contributed by atoms with Crippen molar-refractivity contribution in [3.05, 3.63) is 57.8 Å². The van der Waals surface area contributed by atoms with Crippen LogP contribution in [0.4, 0.5) is 0 Å². The molecule has 0 N–H and O–H groups in total. The number of benzene rings is 1. The van der Waals surface area contributed by atoms with Gasteiger partial charge in [0.25, 0.3) is 0 Å². The lowest BCUT2D eigenvalue weighted by atomic mass is 10.1. The largest absolute Gasteiger partial charge is 0.456 e. The minimum Gasteiger partial charge on any atom is -0.456 e. The van der Waals surface area contributed by atoms with Crippen molar-refractivity contribution in [3.8, 4) is 0 Å². The van der Waals surface area contributed by atoms with Gasteiger partial charge in [0.1, 0.15) is 0 Å². The number of thiol groups is 1. The van der Waals surface area contributed by atoms with Crippen LogP contribution in [-0.4, -0.2) is 23.5 Å². The highest BCUT2D eigenvalue weighted by Gasteiger charge is 2.21. The molecule has 0 spiro atoms. The van der Waals surface area contributed by atoms with E-state index < -0.39 is 17.0 Å². The van der Waals surface area contributed by atoms with Gasteiger partial charge in [-0.05, 0) is 19.1 Å². The van der Waals surface area contributed by atoms with Crippen molar-refractivity contribution in [2.75, 3.05) is 6.61 Å². The Morgan fingerprint density at radius 2 is 1.82 bits per heavy atom. The molecule has 114 valence electrons. The summed E-state index contributed by atoms with van der Waals surface area (Å²) in [6.07, 6.45) is 0. The summed E-state index contributed by atoms with van der Waals surface area (Å²) in [6.45, 7) is 1.32. The Morgan fingerprint density at radius 3 is 2.45 bits per heavy atom. The predicted octanol–water partition coefficient (Wildman–Crippen LogP) is 3.08. The highest BCUT2D eigenvalue weighted by atomic mass is 32.1. The van der Waals surface area contributed by atoms with Crippen molar-refractivity contribution < 1.29 is 19.1 Å². The number of hydrogen-bond donors (Lipinski definition) is 1. The lowest BCUT2D eigenvalue weighted by Gasteiger charge is -2.08. The highest BCUT2D eigenvalue weighted by molar-refractivity contribution is 7.96. The summed E-state index contributed by atoms with van der Waals surface area (Å²) in [4.78, 5) is 36.1. The molecule has 0 aliphatic carbocycles. The van der Waals surface area contributed by atoms with E-state index in [-0.39, 0.29) is 12.4 Å². The highest BCUT2D eigenvalue weighted by Crippen LogP contribution is 2.27. The second kappa shape index (κ2) is 7.38. The van der Waals surface area contributed by atoms with Crippen molar-refractivity contribution in [2.24, 2.45) is 0 Å². The SMILES string of the molecule is C[C@@H](C(=O)OCC(=O)S)c1ccc(C(=O)c2ccccc2)s1. The Bertz CT molecular complexity index is 691. The first-order chi connectivity index (χ1) is 10.5. The summed E-state index contributed by atoms with van der Waals surface area (Å²) in [5.74, 6) is -1.12. The fourth-order valence-corrected chi connectivity index (χ4v) is 2.89. The Kier molecular flexibility index (Phi) is 5.51. The van der Waals surface area contributed by atoms with Crippen molar-refractivity contribution >= 4 is 40.8 Å². The van der Waals surface area contributed by atoms with Gasteiger partial charge in [0.2, 0.25) is 10.9 Å². The van der Waals surface area contributed by atoms with Gasteiger partial charge in [-0.3, -0.25) is 14.4 Å². The number of hydrogen-bond acceptors (Lipinski definition) is 5. The van der Waals surface area contributed by atoms with Gasteiger partial charge in [-0.15, -0.1) is 24.0 Å². The first kappa shape index (κ1) is 16.5. The smallest absolute Gasteiger partial charge is 0.314 e. The average molecular weight is 334 g/mol. The predicted molar refractivity (Wildman–Crippen MR) is 87.6 cm³/mol. The van der Waals surface area contributed by atoms with Gasteiger partial charge in [0, 0.05) is 10.4 Å². The summed E-state index contributed by atoms with van der Waals surface area (Å²) in [5.41, 5.74) is 0.604. The zero-order valence-corrected chi connectivity index (χ0v) is 13.5. The van der Waals surface area contributed by atoms with E-state index in [1.807, 2.05) is 6.07 Å². The van der Waals surface area contributed by atoms with Crippen molar-refractivity contribution in [1.29, 1.82) is 0 Å². The van der Waals surface area contributed by atoms with Gasteiger partial charge in [-0.1, -0.05) is 30.3 Å². The van der Waals surface area contributed by atoms with Crippen LogP contribution in [0.1, 0.15) is 33.0 Å². The first-order valence-electron chi connectivity index (χ1n) is 6.57. The molecule has 0 amide bonds. The lowest BCUT2D eigenvalue weighted by Crippen LogP contribution is -2.15. The first-order valence-corrected chi connectivity index (χ1v) is 7.83. The molecule has 2 aromatic rings. The molecule has 0 radical (unpaired) electrons. The molecule has 2 rings (SSSR count). The van der Waals surface area contributed by atoms with E-state index in [4.69, 9.17) is 4.74 Å². The van der Waals surface area contributed by atoms with Gasteiger partial charge >= 0.3 is 5.97 Å². The number of carbonyl (C=O) groups excluding carboxylic acids is 3. The lowest BCUT2D eigenvalue weighted by molar-refractivity contribution is -0.147. The molecule has 1 atom stereocenters. The maximum atomic E-state index is 12.3. The molecule has 1 aromatic heterocycles. The van der Waals surface area contributed by atoms with E-state index in [0.29, 0.717) is 10.4 Å². The Hall–Kier alpha value is -1.92. The minimum absolute atomic E-state index is 0.0806. The van der Waals surface area contributed by atoms with Crippen LogP contribution in [0.15, 0.2) is 42.5 Å². The number of ether oxygens (including phenoxy) is 1. The quantitative estimate of drug-likeness (QED) is 0.501. The van der Waals surface area contributed by atoms with Crippen LogP contribution in [-0.2, 0) is 14.3 Å². The minimum atomic E-state index is -0.532. The number of rotatable bonds is 6. The Labute approximate surface area is 137 Å². The van der Waals surface area contributed by atoms with E-state index >= 15 is 0 Å². The van der Waals surface area contributed by atoms with E-state index in [9.17, 15) is 14.4 Å². The molecule has 0 unspecified atom stereocenters. The van der Waals surface area contributed by atoms with Crippen LogP contribution in [0.5, 0.6) is 0 Å². The average Bonchev–Trinajstić information content (AvgIpc) is 3.01. The maximum Gasteiger partial charge on any atom is 0.314 e. The summed E-state index contributed by atoms with van der Waals surface area (Å²) in [7, 11) is 0. The second-order valence-electron chi connectivity index (χ2n) is 4.62. The molecule has 1 aromatic carbocycles. The van der Waals surface area contributed by atoms with Gasteiger partial charge < -0.3 is 4.74 Å². The van der Waals surface area contributed by atoms with Crippen LogP contribution in [0, 0.1) is 0 Å². The third kappa shape index (κ3) is 4.05. The summed E-state index contributed by atoms with van der Waals surface area (Å²) < 4.78 is 4.83. The van der Waals surface area contributed by atoms with Crippen LogP contribution >= 0.6 is 24.0 Å². The fraction of sp³-hybridized carbons (Fsp3) is 0.188. The van der Waals surface area contributed by atoms with Gasteiger partial charge in [-0.2, -0.15) is 0 Å². The molecule has 6 heteroatoms. The van der Waals surface area contributed by atoms with Gasteiger partial charge in [0.05, 0.1) is 10.8 Å². The zero-order valence-electron chi connectivity index (χ0n) is 11.8. The fourth-order valence-electron chi connectivity index (χ4n) is 1.81. The number of thiophene rings is 1. The third-order valence-corrected chi connectivity index (χ3v) is 4.40. The number of carbonyl (C=O) groups is 3. The monoisotopic (exact) mass is 334 g/mol. The topological polar surface area (TPSA) is 60.4 Å². The van der Waals surface area contributed by atoms with Crippen molar-refractivity contribution in [3.63, 3.8) is 0 Å².